The molecule has 2 heterocycles. The van der Waals surface area contributed by atoms with E-state index in [0.717, 1.165) is 0 Å². The highest BCUT2D eigenvalue weighted by Crippen LogP contribution is 2.70. The number of ketones is 1. The van der Waals surface area contributed by atoms with Crippen molar-refractivity contribution in [3.8, 4) is 0 Å². The molecule has 0 unspecified atom stereocenters. The second-order valence-electron chi connectivity index (χ2n) is 13.3. The number of cyclic esters (lactones) is 1. The van der Waals surface area contributed by atoms with Crippen LogP contribution in [0.4, 0.5) is 0 Å². The third-order valence-corrected chi connectivity index (χ3v) is 11.0. The first-order chi connectivity index (χ1) is 19.2. The molecule has 1 aliphatic heterocycles. The highest BCUT2D eigenvalue weighted by Gasteiger charge is 2.74. The van der Waals surface area contributed by atoms with Gasteiger partial charge in [-0.3, -0.25) is 9.59 Å². The van der Waals surface area contributed by atoms with Gasteiger partial charge in [0.1, 0.15) is 18.0 Å². The smallest absolute Gasteiger partial charge is 0.333 e. The van der Waals surface area contributed by atoms with E-state index in [0.29, 0.717) is 29.6 Å². The largest absolute Gasteiger partial charge is 0.472 e. The summed E-state index contributed by atoms with van der Waals surface area (Å²) in [6.07, 6.45) is 5.37. The minimum atomic E-state index is -1.59. The fourth-order valence-corrected chi connectivity index (χ4v) is 8.80. The van der Waals surface area contributed by atoms with Crippen LogP contribution in [0.5, 0.6) is 0 Å². The molecule has 9 heteroatoms. The van der Waals surface area contributed by atoms with Crippen molar-refractivity contribution in [3.63, 3.8) is 0 Å². The number of esters is 3. The molecule has 41 heavy (non-hydrogen) atoms. The number of ether oxygens (including phenoxy) is 3. The van der Waals surface area contributed by atoms with Gasteiger partial charge in [0.05, 0.1) is 31.2 Å². The second-order valence-corrected chi connectivity index (χ2v) is 13.3. The Hall–Kier alpha value is -3.20. The average molecular weight is 569 g/mol. The molecule has 0 saturated heterocycles. The average Bonchev–Trinajstić information content (AvgIpc) is 3.46. The Morgan fingerprint density at radius 3 is 2.51 bits per heavy atom. The van der Waals surface area contributed by atoms with E-state index in [1.165, 1.54) is 25.7 Å². The lowest BCUT2D eigenvalue weighted by atomic mass is 9.37. The monoisotopic (exact) mass is 568 g/mol. The lowest BCUT2D eigenvalue weighted by Crippen LogP contribution is -2.73. The van der Waals surface area contributed by atoms with Gasteiger partial charge in [-0.1, -0.05) is 33.8 Å². The number of allylic oxidation sites excluding steroid dienone is 1. The minimum absolute atomic E-state index is 0.0138. The molecule has 222 valence electrons. The van der Waals surface area contributed by atoms with Crippen molar-refractivity contribution in [1.29, 1.82) is 0 Å². The van der Waals surface area contributed by atoms with Crippen LogP contribution in [0, 0.1) is 34.0 Å². The molecule has 0 spiro atoms. The Balaban J connectivity index is 1.68. The maximum atomic E-state index is 14.5. The number of hydrogen-bond donors (Lipinski definition) is 1. The van der Waals surface area contributed by atoms with Crippen LogP contribution in [0.3, 0.4) is 0 Å². The number of fused-ring (bicyclic) bond motifs is 6. The number of Topliss-reactive ketones (excluding diaryl/α,β-unsaturated/α-hetero) is 1. The Labute approximate surface area is 240 Å². The van der Waals surface area contributed by atoms with Crippen LogP contribution in [0.1, 0.15) is 78.9 Å². The predicted octanol–water partition coefficient (Wildman–Crippen LogP) is 4.64. The van der Waals surface area contributed by atoms with Gasteiger partial charge in [0.2, 0.25) is 0 Å². The van der Waals surface area contributed by atoms with Gasteiger partial charge in [-0.15, -0.1) is 0 Å². The summed E-state index contributed by atoms with van der Waals surface area (Å²) >= 11 is 0. The molecule has 4 aliphatic rings. The molecule has 3 saturated carbocycles. The lowest BCUT2D eigenvalue weighted by Gasteiger charge is -2.67. The van der Waals surface area contributed by atoms with Gasteiger partial charge in [-0.2, -0.15) is 0 Å². The summed E-state index contributed by atoms with van der Waals surface area (Å²) in [4.78, 5) is 53.4. The minimum Gasteiger partial charge on any atom is -0.472 e. The fourth-order valence-electron chi connectivity index (χ4n) is 8.80. The standard InChI is InChI=1S/C32H40O9/c1-8-17(2)28(36)41-27-19-15-32(37)20(31(6,25(19)35)21(29(27,3)4)13-23(33)38-7)9-11-30(5)22(32)14-24(34)40-26(30)18-10-12-39-16-18/h8,10,12,14,16,19-21,26-27,37H,9,11,13,15H2,1-7H3/b17-8+/t19-,20+,21-,26-,27+,30+,31+,32+/m0/s1. The molecular formula is C32H40O9. The van der Waals surface area contributed by atoms with Crippen LogP contribution < -0.4 is 0 Å². The normalized spacial score (nSPS) is 39.6. The first-order valence-corrected chi connectivity index (χ1v) is 14.3. The van der Waals surface area contributed by atoms with Crippen LogP contribution in [0.25, 0.3) is 0 Å². The predicted molar refractivity (Wildman–Crippen MR) is 146 cm³/mol. The molecule has 5 rings (SSSR count). The molecule has 2 bridgehead atoms. The third-order valence-electron chi connectivity index (χ3n) is 11.0. The van der Waals surface area contributed by atoms with Gasteiger partial charge >= 0.3 is 17.9 Å². The molecule has 8 atom stereocenters. The first kappa shape index (κ1) is 29.3. The summed E-state index contributed by atoms with van der Waals surface area (Å²) in [5.41, 5.74) is -2.75. The summed E-state index contributed by atoms with van der Waals surface area (Å²) < 4.78 is 22.2. The van der Waals surface area contributed by atoms with Gasteiger partial charge in [0.15, 0.2) is 0 Å². The van der Waals surface area contributed by atoms with E-state index in [9.17, 15) is 24.3 Å². The molecule has 1 N–H and O–H groups in total. The summed E-state index contributed by atoms with van der Waals surface area (Å²) in [5, 5.41) is 12.8. The SMILES string of the molecule is C/C=C(\C)C(=O)O[C@@H]1[C@H]2C[C@]3(O)C4=CC(=O)O[C@@H](c5ccoc5)[C@]4(C)CC[C@@H]3[C@@](C)(C2=O)[C@@H](CC(=O)OC)C1(C)C. The lowest BCUT2D eigenvalue weighted by molar-refractivity contribution is -0.234. The zero-order valence-corrected chi connectivity index (χ0v) is 24.8. The molecular weight excluding hydrogens is 528 g/mol. The first-order valence-electron chi connectivity index (χ1n) is 14.3. The highest BCUT2D eigenvalue weighted by atomic mass is 16.6. The molecule has 0 aromatic carbocycles. The molecule has 1 aromatic heterocycles. The Kier molecular flexibility index (Phi) is 6.92. The highest BCUT2D eigenvalue weighted by molar-refractivity contribution is 5.93. The van der Waals surface area contributed by atoms with Gasteiger partial charge in [0.25, 0.3) is 0 Å². The van der Waals surface area contributed by atoms with Crippen LogP contribution in [0.15, 0.2) is 46.3 Å². The molecule has 0 radical (unpaired) electrons. The van der Waals surface area contributed by atoms with Gasteiger partial charge in [-0.05, 0) is 50.7 Å². The zero-order chi connectivity index (χ0) is 30.1. The van der Waals surface area contributed by atoms with Crippen molar-refractivity contribution >= 4 is 23.7 Å². The Morgan fingerprint density at radius 1 is 1.20 bits per heavy atom. The number of hydrogen-bond acceptors (Lipinski definition) is 9. The maximum Gasteiger partial charge on any atom is 0.333 e. The van der Waals surface area contributed by atoms with E-state index in [1.807, 2.05) is 27.7 Å². The number of aliphatic hydroxyl groups is 1. The van der Waals surface area contributed by atoms with Crippen molar-refractivity contribution in [3.05, 3.63) is 47.5 Å². The van der Waals surface area contributed by atoms with Gasteiger partial charge in [0, 0.05) is 45.8 Å². The second kappa shape index (κ2) is 9.68. The number of furan rings is 1. The van der Waals surface area contributed by atoms with Crippen LogP contribution >= 0.6 is 0 Å². The van der Waals surface area contributed by atoms with Crippen molar-refractivity contribution in [2.24, 2.45) is 34.0 Å². The molecule has 1 aromatic rings. The van der Waals surface area contributed by atoms with Crippen molar-refractivity contribution < 1.29 is 42.9 Å². The summed E-state index contributed by atoms with van der Waals surface area (Å²) in [5.74, 6) is -3.81. The van der Waals surface area contributed by atoms with E-state index >= 15 is 0 Å². The van der Waals surface area contributed by atoms with Crippen molar-refractivity contribution in [2.45, 2.75) is 85.0 Å². The number of carbonyl (C=O) groups is 4. The molecule has 9 nitrogen and oxygen atoms in total. The Bertz CT molecular complexity index is 1340. The number of methoxy groups -OCH3 is 1. The Morgan fingerprint density at radius 2 is 1.90 bits per heavy atom. The summed E-state index contributed by atoms with van der Waals surface area (Å²) in [6.45, 7) is 11.0. The van der Waals surface area contributed by atoms with E-state index in [1.54, 1.807) is 26.0 Å². The van der Waals surface area contributed by atoms with Crippen molar-refractivity contribution in [1.82, 2.24) is 0 Å². The quantitative estimate of drug-likeness (QED) is 0.307. The fraction of sp³-hybridized carbons (Fsp3) is 0.625. The number of rotatable bonds is 5. The van der Waals surface area contributed by atoms with E-state index in [2.05, 4.69) is 0 Å². The van der Waals surface area contributed by atoms with E-state index in [-0.39, 0.29) is 18.6 Å². The summed E-state index contributed by atoms with van der Waals surface area (Å²) in [7, 11) is 1.30. The molecule has 3 fully saturated rings. The summed E-state index contributed by atoms with van der Waals surface area (Å²) in [6, 6.07) is 1.75. The topological polar surface area (TPSA) is 129 Å². The van der Waals surface area contributed by atoms with Crippen LogP contribution in [0.2, 0.25) is 0 Å². The molecule has 0 amide bonds. The van der Waals surface area contributed by atoms with Gasteiger partial charge in [-0.25, -0.2) is 9.59 Å². The zero-order valence-electron chi connectivity index (χ0n) is 24.8. The van der Waals surface area contributed by atoms with E-state index < -0.39 is 69.7 Å². The molecule has 3 aliphatic carbocycles. The van der Waals surface area contributed by atoms with Gasteiger partial charge < -0.3 is 23.7 Å². The van der Waals surface area contributed by atoms with E-state index in [4.69, 9.17) is 18.6 Å². The maximum absolute atomic E-state index is 14.5. The third kappa shape index (κ3) is 4.06. The van der Waals surface area contributed by atoms with Crippen LogP contribution in [-0.2, 0) is 33.4 Å². The van der Waals surface area contributed by atoms with Crippen molar-refractivity contribution in [2.75, 3.05) is 7.11 Å². The number of carbonyl (C=O) groups excluding carboxylic acids is 4. The van der Waals surface area contributed by atoms with Crippen LogP contribution in [-0.4, -0.2) is 47.6 Å².